The molecule has 0 rings (SSSR count). The molecule has 0 amide bonds. The molecule has 0 bridgehead atoms. The van der Waals surface area contributed by atoms with E-state index in [1.165, 1.54) is 57.8 Å². The highest BCUT2D eigenvalue weighted by atomic mass is 32.1. The molecule has 0 saturated heterocycles. The monoisotopic (exact) mass is 211 g/mol. The van der Waals surface area contributed by atoms with Crippen molar-refractivity contribution in [1.82, 2.24) is 0 Å². The standard InChI is InChI=1S/C13H23S/c1-2-3-4-5-6-7-8-9-10-11-12-13-14/h1H,3-13H2. The van der Waals surface area contributed by atoms with Crippen LogP contribution in [0.15, 0.2) is 0 Å². The lowest BCUT2D eigenvalue weighted by Crippen LogP contribution is -1.82. The van der Waals surface area contributed by atoms with Gasteiger partial charge in [-0.25, -0.2) is 0 Å². The van der Waals surface area contributed by atoms with Gasteiger partial charge in [0.2, 0.25) is 0 Å². The topological polar surface area (TPSA) is 0 Å². The second-order valence-corrected chi connectivity index (χ2v) is 4.25. The molecule has 0 heterocycles. The van der Waals surface area contributed by atoms with Gasteiger partial charge in [0.05, 0.1) is 0 Å². The highest BCUT2D eigenvalue weighted by molar-refractivity contribution is 7.80. The summed E-state index contributed by atoms with van der Waals surface area (Å²) in [5, 5.41) is 0. The number of terminal acetylenes is 1. The Hall–Kier alpha value is -0.0900. The molecule has 0 aromatic rings. The lowest BCUT2D eigenvalue weighted by Gasteiger charge is -2.00. The minimum Gasteiger partial charge on any atom is -0.120 e. The van der Waals surface area contributed by atoms with Crippen LogP contribution in [0.25, 0.3) is 0 Å². The quantitative estimate of drug-likeness (QED) is 0.362. The van der Waals surface area contributed by atoms with Crippen LogP contribution in [-0.2, 0) is 0 Å². The first kappa shape index (κ1) is 13.9. The van der Waals surface area contributed by atoms with Gasteiger partial charge in [0, 0.05) is 12.2 Å². The molecule has 0 aliphatic rings. The summed E-state index contributed by atoms with van der Waals surface area (Å²) in [7, 11) is 0. The van der Waals surface area contributed by atoms with Crippen LogP contribution < -0.4 is 0 Å². The fraction of sp³-hybridized carbons (Fsp3) is 0.846. The maximum absolute atomic E-state index is 5.18. The smallest absolute Gasteiger partial charge is 0.00860 e. The van der Waals surface area contributed by atoms with E-state index in [0.29, 0.717) is 0 Å². The molecule has 0 aromatic carbocycles. The summed E-state index contributed by atoms with van der Waals surface area (Å²) in [6, 6.07) is 0. The summed E-state index contributed by atoms with van der Waals surface area (Å²) >= 11 is 4.90. The Labute approximate surface area is 95.3 Å². The van der Waals surface area contributed by atoms with Crippen molar-refractivity contribution in [3.63, 3.8) is 0 Å². The van der Waals surface area contributed by atoms with Gasteiger partial charge in [-0.3, -0.25) is 0 Å². The minimum absolute atomic E-state index is 0.937. The number of hydrogen-bond acceptors (Lipinski definition) is 0. The lowest BCUT2D eigenvalue weighted by atomic mass is 10.1. The van der Waals surface area contributed by atoms with E-state index in [0.717, 1.165) is 12.2 Å². The molecule has 0 aliphatic carbocycles. The highest BCUT2D eigenvalue weighted by Crippen LogP contribution is 2.10. The van der Waals surface area contributed by atoms with E-state index in [1.807, 2.05) is 0 Å². The summed E-state index contributed by atoms with van der Waals surface area (Å²) in [4.78, 5) is 0. The molecule has 14 heavy (non-hydrogen) atoms. The Morgan fingerprint density at radius 2 is 1.14 bits per heavy atom. The predicted octanol–water partition coefficient (Wildman–Crippen LogP) is 4.72. The van der Waals surface area contributed by atoms with Crippen molar-refractivity contribution in [1.29, 1.82) is 0 Å². The second kappa shape index (κ2) is 12.9. The third-order valence-electron chi connectivity index (χ3n) is 2.47. The van der Waals surface area contributed by atoms with Crippen LogP contribution in [0, 0.1) is 12.3 Å². The van der Waals surface area contributed by atoms with E-state index in [2.05, 4.69) is 5.92 Å². The van der Waals surface area contributed by atoms with Crippen molar-refractivity contribution in [3.8, 4) is 12.3 Å². The van der Waals surface area contributed by atoms with E-state index in [4.69, 9.17) is 19.1 Å². The molecule has 0 spiro atoms. The van der Waals surface area contributed by atoms with Crippen LogP contribution in [0.3, 0.4) is 0 Å². The molecule has 0 nitrogen and oxygen atoms in total. The SMILES string of the molecule is C#CCCCCCCCCCCC[S]. The van der Waals surface area contributed by atoms with Gasteiger partial charge in [-0.15, -0.1) is 12.3 Å². The van der Waals surface area contributed by atoms with Crippen molar-refractivity contribution in [3.05, 3.63) is 0 Å². The summed E-state index contributed by atoms with van der Waals surface area (Å²) in [6.45, 7) is 0. The van der Waals surface area contributed by atoms with E-state index in [-0.39, 0.29) is 0 Å². The third-order valence-corrected chi connectivity index (χ3v) is 2.75. The van der Waals surface area contributed by atoms with Gasteiger partial charge >= 0.3 is 0 Å². The van der Waals surface area contributed by atoms with Gasteiger partial charge in [0.1, 0.15) is 0 Å². The summed E-state index contributed by atoms with van der Waals surface area (Å²) in [6.07, 6.45) is 18.2. The second-order valence-electron chi connectivity index (χ2n) is 3.84. The first-order chi connectivity index (χ1) is 6.91. The first-order valence-electron chi connectivity index (χ1n) is 5.93. The molecule has 81 valence electrons. The van der Waals surface area contributed by atoms with Crippen LogP contribution >= 0.6 is 12.6 Å². The Balaban J connectivity index is 2.82. The molecule has 1 heteroatoms. The zero-order valence-corrected chi connectivity index (χ0v) is 10.1. The van der Waals surface area contributed by atoms with Crippen LogP contribution in [0.5, 0.6) is 0 Å². The zero-order valence-electron chi connectivity index (χ0n) is 9.26. The molecule has 0 N–H and O–H groups in total. The fourth-order valence-corrected chi connectivity index (χ4v) is 1.77. The molecule has 0 fully saturated rings. The maximum Gasteiger partial charge on any atom is 0.00860 e. The summed E-state index contributed by atoms with van der Waals surface area (Å²) in [5.41, 5.74) is 0. The maximum atomic E-state index is 5.18. The average molecular weight is 211 g/mol. The summed E-state index contributed by atoms with van der Waals surface area (Å²) in [5.74, 6) is 3.62. The Morgan fingerprint density at radius 3 is 1.57 bits per heavy atom. The first-order valence-corrected chi connectivity index (χ1v) is 6.51. The molecule has 0 saturated carbocycles. The molecular weight excluding hydrogens is 188 g/mol. The van der Waals surface area contributed by atoms with Gasteiger partial charge in [-0.1, -0.05) is 57.6 Å². The summed E-state index contributed by atoms with van der Waals surface area (Å²) < 4.78 is 0. The van der Waals surface area contributed by atoms with Crippen molar-refractivity contribution in [2.75, 3.05) is 5.75 Å². The normalized spacial score (nSPS) is 10.0. The molecule has 0 unspecified atom stereocenters. The van der Waals surface area contributed by atoms with E-state index < -0.39 is 0 Å². The van der Waals surface area contributed by atoms with Gasteiger partial charge < -0.3 is 0 Å². The van der Waals surface area contributed by atoms with Gasteiger partial charge in [-0.2, -0.15) is 0 Å². The van der Waals surface area contributed by atoms with Crippen molar-refractivity contribution in [2.24, 2.45) is 0 Å². The molecule has 0 aromatic heterocycles. The largest absolute Gasteiger partial charge is 0.120 e. The fourth-order valence-electron chi connectivity index (χ4n) is 1.57. The van der Waals surface area contributed by atoms with Crippen molar-refractivity contribution < 1.29 is 0 Å². The molecule has 1 radical (unpaired) electrons. The van der Waals surface area contributed by atoms with Crippen molar-refractivity contribution in [2.45, 2.75) is 64.2 Å². The molecular formula is C13H23S. The lowest BCUT2D eigenvalue weighted by molar-refractivity contribution is 0.568. The Kier molecular flexibility index (Phi) is 12.8. The highest BCUT2D eigenvalue weighted by Gasteiger charge is 1.91. The third kappa shape index (κ3) is 11.9. The van der Waals surface area contributed by atoms with Crippen LogP contribution in [0.4, 0.5) is 0 Å². The van der Waals surface area contributed by atoms with Crippen LogP contribution in [0.1, 0.15) is 64.2 Å². The Bertz CT molecular complexity index is 135. The molecule has 0 aliphatic heterocycles. The van der Waals surface area contributed by atoms with E-state index >= 15 is 0 Å². The zero-order chi connectivity index (χ0) is 10.5. The molecule has 0 atom stereocenters. The van der Waals surface area contributed by atoms with E-state index in [1.54, 1.807) is 0 Å². The van der Waals surface area contributed by atoms with Crippen LogP contribution in [-0.4, -0.2) is 5.75 Å². The minimum atomic E-state index is 0.937. The van der Waals surface area contributed by atoms with E-state index in [9.17, 15) is 0 Å². The predicted molar refractivity (Wildman–Crippen MR) is 67.5 cm³/mol. The average Bonchev–Trinajstić information content (AvgIpc) is 2.21. The van der Waals surface area contributed by atoms with Gasteiger partial charge in [-0.05, 0) is 12.8 Å². The Morgan fingerprint density at radius 1 is 0.714 bits per heavy atom. The van der Waals surface area contributed by atoms with Crippen LogP contribution in [0.2, 0.25) is 0 Å². The van der Waals surface area contributed by atoms with Gasteiger partial charge in [0.25, 0.3) is 0 Å². The van der Waals surface area contributed by atoms with Gasteiger partial charge in [0.15, 0.2) is 0 Å². The van der Waals surface area contributed by atoms with Crippen molar-refractivity contribution >= 4 is 12.6 Å². The number of unbranched alkanes of at least 4 members (excludes halogenated alkanes) is 9. The number of rotatable bonds is 10. The number of hydrogen-bond donors (Lipinski definition) is 0.